The number of aryl methyl sites for hydroxylation is 2. The van der Waals surface area contributed by atoms with Crippen molar-refractivity contribution in [2.24, 2.45) is 0 Å². The number of hydrogen-bond donors (Lipinski definition) is 1. The SMILES string of the molecule is CC1=C(C(=O)Nc2c(C)cccc2C)C2(CCCCC2)OC1=O. The lowest BCUT2D eigenvalue weighted by Gasteiger charge is -2.34. The molecule has 0 unspecified atom stereocenters. The van der Waals surface area contributed by atoms with Crippen molar-refractivity contribution in [3.63, 3.8) is 0 Å². The number of carbonyl (C=O) groups is 2. The van der Waals surface area contributed by atoms with Gasteiger partial charge in [0.25, 0.3) is 5.91 Å². The molecule has 0 radical (unpaired) electrons. The fourth-order valence-corrected chi connectivity index (χ4v) is 3.79. The second kappa shape index (κ2) is 5.84. The first-order valence-electron chi connectivity index (χ1n) is 8.27. The van der Waals surface area contributed by atoms with E-state index in [0.29, 0.717) is 11.1 Å². The smallest absolute Gasteiger partial charge is 0.335 e. The van der Waals surface area contributed by atoms with Crippen molar-refractivity contribution in [1.82, 2.24) is 0 Å². The lowest BCUT2D eigenvalue weighted by molar-refractivity contribution is -0.149. The van der Waals surface area contributed by atoms with Crippen molar-refractivity contribution >= 4 is 17.6 Å². The van der Waals surface area contributed by atoms with Crippen molar-refractivity contribution in [3.8, 4) is 0 Å². The van der Waals surface area contributed by atoms with Crippen molar-refractivity contribution in [1.29, 1.82) is 0 Å². The van der Waals surface area contributed by atoms with Gasteiger partial charge in [-0.15, -0.1) is 0 Å². The van der Waals surface area contributed by atoms with Gasteiger partial charge in [0.2, 0.25) is 0 Å². The van der Waals surface area contributed by atoms with Crippen LogP contribution in [0.1, 0.15) is 50.2 Å². The summed E-state index contributed by atoms with van der Waals surface area (Å²) in [5, 5.41) is 3.01. The maximum Gasteiger partial charge on any atom is 0.335 e. The number of nitrogens with one attached hydrogen (secondary N) is 1. The van der Waals surface area contributed by atoms with E-state index >= 15 is 0 Å². The van der Waals surface area contributed by atoms with Crippen LogP contribution in [-0.4, -0.2) is 17.5 Å². The molecule has 1 aromatic rings. The second-order valence-corrected chi connectivity index (χ2v) is 6.67. The molecule has 23 heavy (non-hydrogen) atoms. The molecule has 3 rings (SSSR count). The Hall–Kier alpha value is -2.10. The number of rotatable bonds is 2. The highest BCUT2D eigenvalue weighted by Crippen LogP contribution is 2.44. The van der Waals surface area contributed by atoms with Gasteiger partial charge in [-0.05, 0) is 57.6 Å². The number of benzene rings is 1. The lowest BCUT2D eigenvalue weighted by atomic mass is 9.78. The summed E-state index contributed by atoms with van der Waals surface area (Å²) in [6.07, 6.45) is 4.59. The molecule has 1 aliphatic carbocycles. The number of para-hydroxylation sites is 1. The maximum atomic E-state index is 12.9. The zero-order valence-electron chi connectivity index (χ0n) is 14.0. The van der Waals surface area contributed by atoms with Crippen LogP contribution < -0.4 is 5.32 Å². The average Bonchev–Trinajstić information content (AvgIpc) is 2.74. The summed E-state index contributed by atoms with van der Waals surface area (Å²) in [5.74, 6) is -0.550. The number of hydrogen-bond acceptors (Lipinski definition) is 3. The third kappa shape index (κ3) is 2.67. The third-order valence-corrected chi connectivity index (χ3v) is 5.03. The zero-order chi connectivity index (χ0) is 16.6. The predicted molar refractivity (Wildman–Crippen MR) is 89.2 cm³/mol. The molecule has 1 N–H and O–H groups in total. The van der Waals surface area contributed by atoms with Gasteiger partial charge in [-0.1, -0.05) is 24.6 Å². The molecule has 0 aromatic heterocycles. The highest BCUT2D eigenvalue weighted by atomic mass is 16.6. The summed E-state index contributed by atoms with van der Waals surface area (Å²) in [5.41, 5.74) is 3.13. The van der Waals surface area contributed by atoms with Gasteiger partial charge in [0, 0.05) is 11.3 Å². The minimum Gasteiger partial charge on any atom is -0.451 e. The lowest BCUT2D eigenvalue weighted by Crippen LogP contribution is -2.39. The van der Waals surface area contributed by atoms with Crippen LogP contribution in [0.25, 0.3) is 0 Å². The number of ether oxygens (including phenoxy) is 1. The largest absolute Gasteiger partial charge is 0.451 e. The molecule has 1 aliphatic heterocycles. The molecule has 0 saturated heterocycles. The highest BCUT2D eigenvalue weighted by Gasteiger charge is 2.49. The van der Waals surface area contributed by atoms with E-state index in [-0.39, 0.29) is 11.9 Å². The molecule has 0 bridgehead atoms. The summed E-state index contributed by atoms with van der Waals surface area (Å²) >= 11 is 0. The average molecular weight is 313 g/mol. The van der Waals surface area contributed by atoms with Gasteiger partial charge in [-0.3, -0.25) is 4.79 Å². The van der Waals surface area contributed by atoms with E-state index < -0.39 is 5.60 Å². The molecule has 122 valence electrons. The molecule has 0 atom stereocenters. The Morgan fingerprint density at radius 1 is 1.09 bits per heavy atom. The molecule has 1 aromatic carbocycles. The van der Waals surface area contributed by atoms with Gasteiger partial charge in [0.1, 0.15) is 5.60 Å². The van der Waals surface area contributed by atoms with Gasteiger partial charge in [0.05, 0.1) is 5.57 Å². The summed E-state index contributed by atoms with van der Waals surface area (Å²) in [6.45, 7) is 5.64. The van der Waals surface area contributed by atoms with Crippen molar-refractivity contribution in [2.45, 2.75) is 58.5 Å². The highest BCUT2D eigenvalue weighted by molar-refractivity contribution is 6.13. The number of anilines is 1. The first-order chi connectivity index (χ1) is 10.9. The molecule has 4 heteroatoms. The Bertz CT molecular complexity index is 676. The van der Waals surface area contributed by atoms with E-state index in [0.717, 1.165) is 48.9 Å². The molecule has 4 nitrogen and oxygen atoms in total. The normalized spacial score (nSPS) is 19.9. The van der Waals surface area contributed by atoms with Crippen LogP contribution in [0.15, 0.2) is 29.3 Å². The minimum absolute atomic E-state index is 0.201. The van der Waals surface area contributed by atoms with Crippen LogP contribution in [-0.2, 0) is 14.3 Å². The van der Waals surface area contributed by atoms with Crippen molar-refractivity contribution < 1.29 is 14.3 Å². The Morgan fingerprint density at radius 2 is 1.70 bits per heavy atom. The Kier molecular flexibility index (Phi) is 4.00. The van der Waals surface area contributed by atoms with Gasteiger partial charge < -0.3 is 10.1 Å². The number of carbonyl (C=O) groups excluding carboxylic acids is 2. The zero-order valence-corrected chi connectivity index (χ0v) is 14.0. The second-order valence-electron chi connectivity index (χ2n) is 6.67. The maximum absolute atomic E-state index is 12.9. The first-order valence-corrected chi connectivity index (χ1v) is 8.27. The molecular formula is C19H23NO3. The third-order valence-electron chi connectivity index (χ3n) is 5.03. The summed E-state index contributed by atoms with van der Waals surface area (Å²) in [4.78, 5) is 25.0. The van der Waals surface area contributed by atoms with Gasteiger partial charge in [-0.2, -0.15) is 0 Å². The van der Waals surface area contributed by atoms with Gasteiger partial charge in [0.15, 0.2) is 0 Å². The fourth-order valence-electron chi connectivity index (χ4n) is 3.79. The van der Waals surface area contributed by atoms with E-state index in [1.807, 2.05) is 32.0 Å². The summed E-state index contributed by atoms with van der Waals surface area (Å²) in [6, 6.07) is 5.91. The van der Waals surface area contributed by atoms with Gasteiger partial charge in [-0.25, -0.2) is 4.79 Å². The van der Waals surface area contributed by atoms with E-state index in [4.69, 9.17) is 4.74 Å². The topological polar surface area (TPSA) is 55.4 Å². The minimum atomic E-state index is -0.708. The van der Waals surface area contributed by atoms with Crippen LogP contribution in [0.3, 0.4) is 0 Å². The number of amides is 1. The molecule has 1 fully saturated rings. The Labute approximate surface area is 136 Å². The first kappa shape index (κ1) is 15.8. The van der Waals surface area contributed by atoms with Crippen molar-refractivity contribution in [3.05, 3.63) is 40.5 Å². The van der Waals surface area contributed by atoms with Crippen molar-refractivity contribution in [2.75, 3.05) is 5.32 Å². The molecule has 1 amide bonds. The van der Waals surface area contributed by atoms with Crippen LogP contribution >= 0.6 is 0 Å². The van der Waals surface area contributed by atoms with E-state index in [2.05, 4.69) is 5.32 Å². The Morgan fingerprint density at radius 3 is 2.30 bits per heavy atom. The predicted octanol–water partition coefficient (Wildman–Crippen LogP) is 3.82. The monoisotopic (exact) mass is 313 g/mol. The summed E-state index contributed by atoms with van der Waals surface area (Å²) in [7, 11) is 0. The quantitative estimate of drug-likeness (QED) is 0.845. The van der Waals surface area contributed by atoms with Gasteiger partial charge >= 0.3 is 5.97 Å². The molecule has 1 spiro atoms. The molecule has 1 saturated carbocycles. The fraction of sp³-hybridized carbons (Fsp3) is 0.474. The van der Waals surface area contributed by atoms with E-state index in [1.165, 1.54) is 0 Å². The van der Waals surface area contributed by atoms with E-state index in [1.54, 1.807) is 6.92 Å². The van der Waals surface area contributed by atoms with E-state index in [9.17, 15) is 9.59 Å². The van der Waals surface area contributed by atoms with Crippen LogP contribution in [0.4, 0.5) is 5.69 Å². The summed E-state index contributed by atoms with van der Waals surface area (Å²) < 4.78 is 5.66. The standard InChI is InChI=1S/C19H23NO3/c1-12-8-7-9-13(2)16(12)20-17(21)15-14(3)18(22)23-19(15)10-5-4-6-11-19/h7-9H,4-6,10-11H2,1-3H3,(H,20,21). The van der Waals surface area contributed by atoms with Crippen LogP contribution in [0, 0.1) is 13.8 Å². The molecule has 1 heterocycles. The Balaban J connectivity index is 1.95. The molecule has 2 aliphatic rings. The number of esters is 1. The van der Waals surface area contributed by atoms with Crippen LogP contribution in [0.2, 0.25) is 0 Å². The molecular weight excluding hydrogens is 290 g/mol. The van der Waals surface area contributed by atoms with Crippen LogP contribution in [0.5, 0.6) is 0 Å².